The second-order valence-corrected chi connectivity index (χ2v) is 14.0. The largest absolute Gasteiger partial charge is 0.396 e. The zero-order chi connectivity index (χ0) is 29.5. The van der Waals surface area contributed by atoms with Gasteiger partial charge in [0.15, 0.2) is 0 Å². The normalized spacial score (nSPS) is 32.4. The van der Waals surface area contributed by atoms with E-state index >= 15 is 0 Å². The lowest BCUT2D eigenvalue weighted by Gasteiger charge is -2.45. The van der Waals surface area contributed by atoms with Gasteiger partial charge in [-0.2, -0.15) is 0 Å². The predicted molar refractivity (Wildman–Crippen MR) is 155 cm³/mol. The molecular formula is C32H51N3O5. The van der Waals surface area contributed by atoms with Gasteiger partial charge in [0.1, 0.15) is 11.6 Å². The number of ether oxygens (including phenoxy) is 1. The van der Waals surface area contributed by atoms with E-state index in [0.29, 0.717) is 45.4 Å². The lowest BCUT2D eigenvalue weighted by atomic mass is 9.72. The Morgan fingerprint density at radius 2 is 1.60 bits per heavy atom. The van der Waals surface area contributed by atoms with E-state index in [4.69, 9.17) is 4.74 Å². The fourth-order valence-corrected chi connectivity index (χ4v) is 8.03. The van der Waals surface area contributed by atoms with Crippen molar-refractivity contribution in [3.63, 3.8) is 0 Å². The average Bonchev–Trinajstić information content (AvgIpc) is 3.14. The molecule has 1 unspecified atom stereocenters. The Labute approximate surface area is 240 Å². The maximum atomic E-state index is 14.7. The highest BCUT2D eigenvalue weighted by atomic mass is 16.5. The Morgan fingerprint density at radius 3 is 2.23 bits per heavy atom. The van der Waals surface area contributed by atoms with E-state index in [9.17, 15) is 19.5 Å². The molecule has 224 valence electrons. The molecule has 0 aromatic heterocycles. The van der Waals surface area contributed by atoms with Crippen molar-refractivity contribution in [1.82, 2.24) is 14.7 Å². The van der Waals surface area contributed by atoms with Crippen LogP contribution in [0.3, 0.4) is 0 Å². The van der Waals surface area contributed by atoms with Crippen molar-refractivity contribution in [3.05, 3.63) is 24.3 Å². The molecule has 4 aliphatic rings. The minimum atomic E-state index is -1.21. The molecule has 4 rings (SSSR count). The highest BCUT2D eigenvalue weighted by Crippen LogP contribution is 2.58. The fraction of sp³-hybridized carbons (Fsp3) is 0.781. The molecule has 4 heterocycles. The van der Waals surface area contributed by atoms with Crippen LogP contribution in [0.15, 0.2) is 24.3 Å². The maximum Gasteiger partial charge on any atom is 0.249 e. The molecule has 3 amide bonds. The molecule has 5 atom stereocenters. The zero-order valence-electron chi connectivity index (χ0n) is 25.7. The van der Waals surface area contributed by atoms with Crippen LogP contribution < -0.4 is 0 Å². The number of rotatable bonds is 10. The Morgan fingerprint density at radius 1 is 0.900 bits per heavy atom. The lowest BCUT2D eigenvalue weighted by Crippen LogP contribution is -2.60. The summed E-state index contributed by atoms with van der Waals surface area (Å²) in [6.45, 7) is 16.8. The SMILES string of the molecule is CCCN1CC=C[C@@]2(CC)O[C@]34C=CCN(C(C)(C)CC(C)(C)C)C(=O)C3N(CCCCCO)C(=O)[C@@H]4[C@H]2C1=O. The number of hydrogen-bond acceptors (Lipinski definition) is 5. The smallest absolute Gasteiger partial charge is 0.249 e. The van der Waals surface area contributed by atoms with E-state index in [-0.39, 0.29) is 29.7 Å². The van der Waals surface area contributed by atoms with Crippen molar-refractivity contribution in [3.8, 4) is 0 Å². The molecular weight excluding hydrogens is 506 g/mol. The fourth-order valence-electron chi connectivity index (χ4n) is 8.03. The first-order valence-corrected chi connectivity index (χ1v) is 15.4. The number of hydrogen-bond donors (Lipinski definition) is 1. The van der Waals surface area contributed by atoms with Gasteiger partial charge in [-0.3, -0.25) is 14.4 Å². The summed E-state index contributed by atoms with van der Waals surface area (Å²) in [7, 11) is 0. The molecule has 8 heteroatoms. The van der Waals surface area contributed by atoms with Gasteiger partial charge >= 0.3 is 0 Å². The van der Waals surface area contributed by atoms with Crippen molar-refractivity contribution in [2.45, 2.75) is 110 Å². The molecule has 0 aromatic rings. The van der Waals surface area contributed by atoms with Crippen LogP contribution in [0.25, 0.3) is 0 Å². The summed E-state index contributed by atoms with van der Waals surface area (Å²) >= 11 is 0. The third-order valence-corrected chi connectivity index (χ3v) is 9.27. The summed E-state index contributed by atoms with van der Waals surface area (Å²) in [5, 5.41) is 9.31. The summed E-state index contributed by atoms with van der Waals surface area (Å²) in [4.78, 5) is 48.9. The van der Waals surface area contributed by atoms with E-state index in [1.807, 2.05) is 48.0 Å². The minimum Gasteiger partial charge on any atom is -0.396 e. The van der Waals surface area contributed by atoms with Gasteiger partial charge in [0.05, 0.1) is 17.4 Å². The highest BCUT2D eigenvalue weighted by molar-refractivity contribution is 6.00. The van der Waals surface area contributed by atoms with Gasteiger partial charge in [-0.05, 0) is 57.8 Å². The third-order valence-electron chi connectivity index (χ3n) is 9.27. The van der Waals surface area contributed by atoms with Crippen LogP contribution in [-0.2, 0) is 19.1 Å². The number of unbranched alkanes of at least 4 members (excludes halogenated alkanes) is 2. The molecule has 1 spiro atoms. The van der Waals surface area contributed by atoms with Gasteiger partial charge in [-0.25, -0.2) is 0 Å². The van der Waals surface area contributed by atoms with Crippen LogP contribution in [-0.4, -0.2) is 93.1 Å². The Hall–Kier alpha value is -2.19. The molecule has 4 aliphatic heterocycles. The van der Waals surface area contributed by atoms with Gasteiger partial charge in [-0.1, -0.05) is 58.9 Å². The second kappa shape index (κ2) is 11.2. The van der Waals surface area contributed by atoms with Crippen molar-refractivity contribution < 1.29 is 24.2 Å². The monoisotopic (exact) mass is 557 g/mol. The minimum absolute atomic E-state index is 0.00122. The molecule has 0 radical (unpaired) electrons. The first-order chi connectivity index (χ1) is 18.8. The van der Waals surface area contributed by atoms with Crippen LogP contribution >= 0.6 is 0 Å². The number of fused-ring (bicyclic) bond motifs is 2. The van der Waals surface area contributed by atoms with Crippen molar-refractivity contribution >= 4 is 17.7 Å². The van der Waals surface area contributed by atoms with Crippen molar-refractivity contribution in [1.29, 1.82) is 0 Å². The summed E-state index contributed by atoms with van der Waals surface area (Å²) < 4.78 is 7.06. The second-order valence-electron chi connectivity index (χ2n) is 14.0. The Balaban J connectivity index is 1.83. The van der Waals surface area contributed by atoms with E-state index in [1.165, 1.54) is 0 Å². The number of amides is 3. The van der Waals surface area contributed by atoms with Gasteiger partial charge < -0.3 is 24.5 Å². The van der Waals surface area contributed by atoms with Crippen LogP contribution in [0.2, 0.25) is 0 Å². The van der Waals surface area contributed by atoms with E-state index < -0.39 is 34.6 Å². The molecule has 8 nitrogen and oxygen atoms in total. The van der Waals surface area contributed by atoms with Crippen LogP contribution in [0.5, 0.6) is 0 Å². The van der Waals surface area contributed by atoms with E-state index in [1.54, 1.807) is 4.90 Å². The molecule has 2 fully saturated rings. The summed E-state index contributed by atoms with van der Waals surface area (Å²) in [5.74, 6) is -1.79. The van der Waals surface area contributed by atoms with Gasteiger partial charge in [0, 0.05) is 38.3 Å². The number of likely N-dealkylation sites (tertiary alicyclic amines) is 1. The number of aliphatic hydroxyl groups excluding tert-OH is 1. The topological polar surface area (TPSA) is 90.4 Å². The molecule has 0 bridgehead atoms. The summed E-state index contributed by atoms with van der Waals surface area (Å²) in [6.07, 6.45) is 12.2. The van der Waals surface area contributed by atoms with Crippen LogP contribution in [0.1, 0.15) is 87.0 Å². The Kier molecular flexibility index (Phi) is 8.64. The molecule has 0 aliphatic carbocycles. The first kappa shape index (κ1) is 30.8. The highest BCUT2D eigenvalue weighted by Gasteiger charge is 2.75. The quantitative estimate of drug-likeness (QED) is 0.325. The van der Waals surface area contributed by atoms with Crippen LogP contribution in [0.4, 0.5) is 0 Å². The van der Waals surface area contributed by atoms with Gasteiger partial charge in [-0.15, -0.1) is 0 Å². The molecule has 0 aromatic carbocycles. The van der Waals surface area contributed by atoms with Gasteiger partial charge in [0.25, 0.3) is 0 Å². The third kappa shape index (κ3) is 5.15. The van der Waals surface area contributed by atoms with Gasteiger partial charge in [0.2, 0.25) is 17.7 Å². The molecule has 0 saturated carbocycles. The van der Waals surface area contributed by atoms with E-state index in [2.05, 4.69) is 34.6 Å². The Bertz CT molecular complexity index is 1050. The van der Waals surface area contributed by atoms with Crippen LogP contribution in [0, 0.1) is 17.3 Å². The van der Waals surface area contributed by atoms with Crippen molar-refractivity contribution in [2.24, 2.45) is 17.3 Å². The lowest BCUT2D eigenvalue weighted by molar-refractivity contribution is -0.157. The zero-order valence-corrected chi connectivity index (χ0v) is 25.7. The number of nitrogens with zero attached hydrogens (tertiary/aromatic N) is 3. The molecule has 40 heavy (non-hydrogen) atoms. The van der Waals surface area contributed by atoms with Crippen molar-refractivity contribution in [2.75, 3.05) is 32.8 Å². The molecule has 2 saturated heterocycles. The molecule has 1 N–H and O–H groups in total. The van der Waals surface area contributed by atoms with E-state index in [0.717, 1.165) is 19.3 Å². The number of carbonyl (C=O) groups excluding carboxylic acids is 3. The first-order valence-electron chi connectivity index (χ1n) is 15.4. The number of aliphatic hydroxyl groups is 1. The maximum absolute atomic E-state index is 14.7. The summed E-state index contributed by atoms with van der Waals surface area (Å²) in [6, 6.07) is -0.840. The predicted octanol–water partition coefficient (Wildman–Crippen LogP) is 3.93. The number of carbonyl (C=O) groups is 3. The summed E-state index contributed by atoms with van der Waals surface area (Å²) in [5.41, 5.74) is -2.61. The average molecular weight is 558 g/mol. The standard InChI is InChI=1S/C32H51N3O5/c1-8-17-33-18-13-15-31(9-2)23(26(33)37)24-27(38)34(19-11-10-12-21-36)25-28(39)35(20-14-16-32(24,25)40-31)30(6,7)22-29(3,4)5/h13-16,23-25,36H,8-12,17-22H2,1-7H3/t23-,24-,25?,31+,32-/m0/s1.